The zero-order chi connectivity index (χ0) is 20.2. The number of rotatable bonds is 5. The van der Waals surface area contributed by atoms with Crippen molar-refractivity contribution in [3.05, 3.63) is 77.6 Å². The number of benzene rings is 2. The minimum atomic E-state index is -0.382. The van der Waals surface area contributed by atoms with Crippen molar-refractivity contribution in [1.29, 1.82) is 0 Å². The van der Waals surface area contributed by atoms with Crippen molar-refractivity contribution in [1.82, 2.24) is 4.98 Å². The molecule has 2 heterocycles. The summed E-state index contributed by atoms with van der Waals surface area (Å²) in [7, 11) is 0. The highest BCUT2D eigenvalue weighted by Gasteiger charge is 2.16. The van der Waals surface area contributed by atoms with Crippen LogP contribution in [0.5, 0.6) is 11.5 Å². The van der Waals surface area contributed by atoms with Gasteiger partial charge in [-0.15, -0.1) is 0 Å². The number of anilines is 2. The number of aryl methyl sites for hydroxylation is 1. The minimum Gasteiger partial charge on any atom is -0.454 e. The normalized spacial score (nSPS) is 11.8. The first kappa shape index (κ1) is 18.5. The Hall–Kier alpha value is -3.87. The van der Waals surface area contributed by atoms with Gasteiger partial charge in [0.25, 0.3) is 11.8 Å². The number of aromatic nitrogens is 1. The third-order valence-corrected chi connectivity index (χ3v) is 4.51. The van der Waals surface area contributed by atoms with E-state index in [0.29, 0.717) is 28.4 Å². The van der Waals surface area contributed by atoms with Gasteiger partial charge in [-0.2, -0.15) is 0 Å². The van der Waals surface area contributed by atoms with E-state index in [1.54, 1.807) is 24.3 Å². The van der Waals surface area contributed by atoms with Gasteiger partial charge in [-0.25, -0.2) is 0 Å². The third kappa shape index (κ3) is 4.19. The Bertz CT molecular complexity index is 1060. The molecule has 0 radical (unpaired) electrons. The zero-order valence-electron chi connectivity index (χ0n) is 15.8. The summed E-state index contributed by atoms with van der Waals surface area (Å²) in [6.07, 6.45) is 2.36. The molecule has 0 unspecified atom stereocenters. The number of fused-ring (bicyclic) bond motifs is 1. The van der Waals surface area contributed by atoms with Gasteiger partial charge in [-0.3, -0.25) is 14.6 Å². The standard InChI is InChI=1S/C22H19N3O4/c1-2-14-3-5-16(6-4-14)24-22(27)18-11-15(9-10-23-18)21(26)25-17-7-8-19-20(12-17)29-13-28-19/h3-12H,2,13H2,1H3,(H,24,27)(H,25,26). The molecule has 0 saturated carbocycles. The van der Waals surface area contributed by atoms with E-state index < -0.39 is 0 Å². The maximum absolute atomic E-state index is 12.6. The first-order valence-corrected chi connectivity index (χ1v) is 9.20. The van der Waals surface area contributed by atoms with Crippen LogP contribution in [0.25, 0.3) is 0 Å². The van der Waals surface area contributed by atoms with Gasteiger partial charge >= 0.3 is 0 Å². The van der Waals surface area contributed by atoms with Crippen molar-refractivity contribution in [2.75, 3.05) is 17.4 Å². The molecular formula is C22H19N3O4. The second-order valence-corrected chi connectivity index (χ2v) is 6.46. The van der Waals surface area contributed by atoms with Crippen molar-refractivity contribution in [2.24, 2.45) is 0 Å². The summed E-state index contributed by atoms with van der Waals surface area (Å²) in [5.41, 5.74) is 2.90. The molecule has 0 saturated heterocycles. The van der Waals surface area contributed by atoms with Crippen LogP contribution in [0, 0.1) is 0 Å². The molecule has 3 aromatic rings. The van der Waals surface area contributed by atoms with Crippen LogP contribution in [0.3, 0.4) is 0 Å². The Balaban J connectivity index is 1.45. The molecule has 0 fully saturated rings. The van der Waals surface area contributed by atoms with E-state index in [1.807, 2.05) is 24.3 Å². The molecule has 4 rings (SSSR count). The van der Waals surface area contributed by atoms with Crippen molar-refractivity contribution < 1.29 is 19.1 Å². The molecule has 29 heavy (non-hydrogen) atoms. The quantitative estimate of drug-likeness (QED) is 0.691. The van der Waals surface area contributed by atoms with E-state index >= 15 is 0 Å². The van der Waals surface area contributed by atoms with Gasteiger partial charge in [-0.05, 0) is 48.4 Å². The van der Waals surface area contributed by atoms with Crippen LogP contribution in [0.4, 0.5) is 11.4 Å². The lowest BCUT2D eigenvalue weighted by Crippen LogP contribution is -2.17. The molecule has 2 N–H and O–H groups in total. The maximum Gasteiger partial charge on any atom is 0.274 e. The molecule has 1 aliphatic rings. The van der Waals surface area contributed by atoms with Gasteiger partial charge < -0.3 is 20.1 Å². The molecule has 7 nitrogen and oxygen atoms in total. The Morgan fingerprint density at radius 1 is 0.897 bits per heavy atom. The number of hydrogen-bond donors (Lipinski definition) is 2. The SMILES string of the molecule is CCc1ccc(NC(=O)c2cc(C(=O)Nc3ccc4c(c3)OCO4)ccn2)cc1. The van der Waals surface area contributed by atoms with Crippen LogP contribution < -0.4 is 20.1 Å². The third-order valence-electron chi connectivity index (χ3n) is 4.51. The Kier molecular flexibility index (Phi) is 5.11. The largest absolute Gasteiger partial charge is 0.454 e. The van der Waals surface area contributed by atoms with Crippen LogP contribution in [-0.2, 0) is 6.42 Å². The summed E-state index contributed by atoms with van der Waals surface area (Å²) >= 11 is 0. The van der Waals surface area contributed by atoms with Crippen LogP contribution in [0.1, 0.15) is 33.3 Å². The Labute approximate surface area is 167 Å². The van der Waals surface area contributed by atoms with Gasteiger partial charge in [0.15, 0.2) is 11.5 Å². The average Bonchev–Trinajstić information content (AvgIpc) is 3.22. The summed E-state index contributed by atoms with van der Waals surface area (Å²) in [4.78, 5) is 29.1. The molecule has 0 spiro atoms. The summed E-state index contributed by atoms with van der Waals surface area (Å²) in [5.74, 6) is 0.476. The highest BCUT2D eigenvalue weighted by atomic mass is 16.7. The van der Waals surface area contributed by atoms with E-state index in [-0.39, 0.29) is 24.3 Å². The number of pyridine rings is 1. The molecule has 2 aromatic carbocycles. The van der Waals surface area contributed by atoms with Crippen LogP contribution in [0.15, 0.2) is 60.8 Å². The number of carbonyl (C=O) groups excluding carboxylic acids is 2. The lowest BCUT2D eigenvalue weighted by molar-refractivity contribution is 0.102. The average molecular weight is 389 g/mol. The molecule has 2 amide bonds. The maximum atomic E-state index is 12.6. The molecule has 0 aliphatic carbocycles. The highest BCUT2D eigenvalue weighted by molar-refractivity contribution is 6.07. The van der Waals surface area contributed by atoms with Crippen molar-refractivity contribution in [3.8, 4) is 11.5 Å². The molecule has 7 heteroatoms. The van der Waals surface area contributed by atoms with Gasteiger partial charge in [0, 0.05) is 29.2 Å². The van der Waals surface area contributed by atoms with Crippen LogP contribution in [-0.4, -0.2) is 23.6 Å². The summed E-state index contributed by atoms with van der Waals surface area (Å²) in [6.45, 7) is 2.23. The second-order valence-electron chi connectivity index (χ2n) is 6.46. The fourth-order valence-corrected chi connectivity index (χ4v) is 2.89. The first-order chi connectivity index (χ1) is 14.1. The molecular weight excluding hydrogens is 370 g/mol. The summed E-state index contributed by atoms with van der Waals surface area (Å²) in [6, 6.07) is 15.7. The fourth-order valence-electron chi connectivity index (χ4n) is 2.89. The van der Waals surface area contributed by atoms with E-state index in [0.717, 1.165) is 6.42 Å². The first-order valence-electron chi connectivity index (χ1n) is 9.20. The Morgan fingerprint density at radius 2 is 1.62 bits per heavy atom. The number of hydrogen-bond acceptors (Lipinski definition) is 5. The Morgan fingerprint density at radius 3 is 2.41 bits per heavy atom. The summed E-state index contributed by atoms with van der Waals surface area (Å²) < 4.78 is 10.6. The van der Waals surface area contributed by atoms with Crippen LogP contribution in [0.2, 0.25) is 0 Å². The molecule has 146 valence electrons. The van der Waals surface area contributed by atoms with Gasteiger partial charge in [0.1, 0.15) is 5.69 Å². The smallest absolute Gasteiger partial charge is 0.274 e. The number of nitrogens with zero attached hydrogens (tertiary/aromatic N) is 1. The number of ether oxygens (including phenoxy) is 2. The molecule has 1 aliphatic heterocycles. The minimum absolute atomic E-state index is 0.155. The second kappa shape index (κ2) is 8.02. The van der Waals surface area contributed by atoms with Crippen molar-refractivity contribution >= 4 is 23.2 Å². The van der Waals surface area contributed by atoms with E-state index in [1.165, 1.54) is 17.8 Å². The van der Waals surface area contributed by atoms with Gasteiger partial charge in [-0.1, -0.05) is 19.1 Å². The molecule has 0 atom stereocenters. The lowest BCUT2D eigenvalue weighted by atomic mass is 10.1. The van der Waals surface area contributed by atoms with Crippen LogP contribution >= 0.6 is 0 Å². The number of nitrogens with one attached hydrogen (secondary N) is 2. The van der Waals surface area contributed by atoms with E-state index in [4.69, 9.17) is 9.47 Å². The van der Waals surface area contributed by atoms with E-state index in [9.17, 15) is 9.59 Å². The molecule has 1 aromatic heterocycles. The van der Waals surface area contributed by atoms with Crippen molar-refractivity contribution in [2.45, 2.75) is 13.3 Å². The topological polar surface area (TPSA) is 89.6 Å². The highest BCUT2D eigenvalue weighted by Crippen LogP contribution is 2.34. The molecule has 0 bridgehead atoms. The van der Waals surface area contributed by atoms with Gasteiger partial charge in [0.05, 0.1) is 0 Å². The number of carbonyl (C=O) groups is 2. The monoisotopic (exact) mass is 389 g/mol. The van der Waals surface area contributed by atoms with Crippen molar-refractivity contribution in [3.63, 3.8) is 0 Å². The predicted octanol–water partition coefficient (Wildman–Crippen LogP) is 3.88. The lowest BCUT2D eigenvalue weighted by Gasteiger charge is -2.08. The number of amides is 2. The predicted molar refractivity (Wildman–Crippen MR) is 109 cm³/mol. The fraction of sp³-hybridized carbons (Fsp3) is 0.136. The van der Waals surface area contributed by atoms with E-state index in [2.05, 4.69) is 22.5 Å². The van der Waals surface area contributed by atoms with Gasteiger partial charge in [0.2, 0.25) is 6.79 Å². The zero-order valence-corrected chi connectivity index (χ0v) is 15.8. The summed E-state index contributed by atoms with van der Waals surface area (Å²) in [5, 5.41) is 5.57.